The summed E-state index contributed by atoms with van der Waals surface area (Å²) in [6, 6.07) is 15.7. The average Bonchev–Trinajstić information content (AvgIpc) is 3.12. The number of amides is 1. The fraction of sp³-hybridized carbons (Fsp3) is 0.300. The second-order valence-corrected chi connectivity index (χ2v) is 7.37. The predicted molar refractivity (Wildman–Crippen MR) is 100 cm³/mol. The summed E-state index contributed by atoms with van der Waals surface area (Å²) >= 11 is 1.75. The van der Waals surface area contributed by atoms with Crippen LogP contribution in [0.4, 0.5) is 0 Å². The largest absolute Gasteiger partial charge is 0.496 e. The Bertz CT molecular complexity index is 872. The van der Waals surface area contributed by atoms with E-state index < -0.39 is 0 Å². The molecule has 1 saturated heterocycles. The van der Waals surface area contributed by atoms with Crippen molar-refractivity contribution in [1.29, 1.82) is 0 Å². The minimum atomic E-state index is 0.0447. The number of fused-ring (bicyclic) bond motifs is 1. The lowest BCUT2D eigenvalue weighted by Gasteiger charge is -2.32. The van der Waals surface area contributed by atoms with E-state index in [2.05, 4.69) is 12.1 Å². The molecule has 0 bridgehead atoms. The molecule has 2 heterocycles. The maximum atomic E-state index is 13.0. The molecule has 2 aromatic carbocycles. The van der Waals surface area contributed by atoms with Crippen molar-refractivity contribution in [1.82, 2.24) is 9.88 Å². The molecule has 0 N–H and O–H groups in total. The molecule has 5 heteroatoms. The van der Waals surface area contributed by atoms with Gasteiger partial charge in [0.15, 0.2) is 0 Å². The van der Waals surface area contributed by atoms with Crippen LogP contribution in [0, 0.1) is 0 Å². The highest BCUT2D eigenvalue weighted by Gasteiger charge is 2.28. The molecule has 0 aliphatic carbocycles. The molecule has 1 aliphatic rings. The Labute approximate surface area is 151 Å². The van der Waals surface area contributed by atoms with E-state index in [1.165, 1.54) is 4.70 Å². The van der Waals surface area contributed by atoms with Crippen molar-refractivity contribution in [3.8, 4) is 5.75 Å². The van der Waals surface area contributed by atoms with Crippen LogP contribution in [0.25, 0.3) is 10.2 Å². The van der Waals surface area contributed by atoms with Crippen molar-refractivity contribution in [2.45, 2.75) is 18.8 Å². The van der Waals surface area contributed by atoms with E-state index in [4.69, 9.17) is 9.72 Å². The van der Waals surface area contributed by atoms with E-state index in [1.54, 1.807) is 18.4 Å². The van der Waals surface area contributed by atoms with Crippen molar-refractivity contribution >= 4 is 27.5 Å². The van der Waals surface area contributed by atoms with Gasteiger partial charge in [-0.25, -0.2) is 4.98 Å². The Hall–Kier alpha value is -2.40. The van der Waals surface area contributed by atoms with E-state index in [0.29, 0.717) is 17.2 Å². The molecule has 1 atom stereocenters. The van der Waals surface area contributed by atoms with Crippen LogP contribution < -0.4 is 4.74 Å². The number of para-hydroxylation sites is 2. The van der Waals surface area contributed by atoms with Crippen LogP contribution in [0.2, 0.25) is 0 Å². The fourth-order valence-corrected chi connectivity index (χ4v) is 4.51. The van der Waals surface area contributed by atoms with Crippen LogP contribution in [-0.2, 0) is 0 Å². The molecule has 1 aromatic heterocycles. The molecule has 0 saturated carbocycles. The number of hydrogen-bond acceptors (Lipinski definition) is 4. The predicted octanol–water partition coefficient (Wildman–Crippen LogP) is 4.32. The van der Waals surface area contributed by atoms with E-state index in [-0.39, 0.29) is 5.91 Å². The summed E-state index contributed by atoms with van der Waals surface area (Å²) in [7, 11) is 1.60. The number of piperidine rings is 1. The Morgan fingerprint density at radius 1 is 1.20 bits per heavy atom. The van der Waals surface area contributed by atoms with Gasteiger partial charge in [-0.3, -0.25) is 4.79 Å². The number of likely N-dealkylation sites (tertiary alicyclic amines) is 1. The van der Waals surface area contributed by atoms with Crippen molar-refractivity contribution in [2.75, 3.05) is 20.2 Å². The first-order valence-corrected chi connectivity index (χ1v) is 9.35. The van der Waals surface area contributed by atoms with Crippen LogP contribution >= 0.6 is 11.3 Å². The normalized spacial score (nSPS) is 17.6. The summed E-state index contributed by atoms with van der Waals surface area (Å²) in [5.41, 5.74) is 1.69. The molecule has 4 rings (SSSR count). The molecule has 1 amide bonds. The van der Waals surface area contributed by atoms with Crippen LogP contribution in [0.15, 0.2) is 48.5 Å². The van der Waals surface area contributed by atoms with Gasteiger partial charge >= 0.3 is 0 Å². The Balaban J connectivity index is 1.57. The minimum Gasteiger partial charge on any atom is -0.496 e. The summed E-state index contributed by atoms with van der Waals surface area (Å²) in [6.07, 6.45) is 2.08. The van der Waals surface area contributed by atoms with Crippen molar-refractivity contribution in [2.24, 2.45) is 0 Å². The Morgan fingerprint density at radius 2 is 2.00 bits per heavy atom. The Kier molecular flexibility index (Phi) is 4.40. The van der Waals surface area contributed by atoms with Crippen molar-refractivity contribution in [3.63, 3.8) is 0 Å². The molecule has 4 nitrogen and oxygen atoms in total. The van der Waals surface area contributed by atoms with Crippen LogP contribution in [-0.4, -0.2) is 36.0 Å². The first-order valence-electron chi connectivity index (χ1n) is 8.54. The van der Waals surface area contributed by atoms with Gasteiger partial charge in [0.2, 0.25) is 0 Å². The molecule has 0 spiro atoms. The maximum Gasteiger partial charge on any atom is 0.257 e. The summed E-state index contributed by atoms with van der Waals surface area (Å²) in [6.45, 7) is 1.51. The van der Waals surface area contributed by atoms with E-state index in [9.17, 15) is 4.79 Å². The number of rotatable bonds is 3. The molecule has 3 aromatic rings. The quantitative estimate of drug-likeness (QED) is 0.705. The smallest absolute Gasteiger partial charge is 0.257 e. The first-order chi connectivity index (χ1) is 12.3. The van der Waals surface area contributed by atoms with Gasteiger partial charge in [0, 0.05) is 19.0 Å². The zero-order valence-corrected chi connectivity index (χ0v) is 15.0. The lowest BCUT2D eigenvalue weighted by molar-refractivity contribution is 0.0703. The lowest BCUT2D eigenvalue weighted by atomic mass is 9.98. The van der Waals surface area contributed by atoms with Gasteiger partial charge in [-0.1, -0.05) is 24.3 Å². The lowest BCUT2D eigenvalue weighted by Crippen LogP contribution is -2.39. The van der Waals surface area contributed by atoms with Gasteiger partial charge in [-0.15, -0.1) is 11.3 Å². The van der Waals surface area contributed by atoms with E-state index >= 15 is 0 Å². The molecular formula is C20H20N2O2S. The number of aromatic nitrogens is 1. The molecule has 0 radical (unpaired) electrons. The minimum absolute atomic E-state index is 0.0447. The SMILES string of the molecule is COc1ccccc1C(=O)N1CCC[C@H](c2nc3ccccc3s2)C1. The topological polar surface area (TPSA) is 42.4 Å². The number of ether oxygens (including phenoxy) is 1. The van der Waals surface area contributed by atoms with E-state index in [0.717, 1.165) is 36.5 Å². The first kappa shape index (κ1) is 16.1. The second kappa shape index (κ2) is 6.84. The molecule has 1 fully saturated rings. The zero-order chi connectivity index (χ0) is 17.2. The van der Waals surface area contributed by atoms with Crippen LogP contribution in [0.1, 0.15) is 34.1 Å². The summed E-state index contributed by atoms with van der Waals surface area (Å²) in [5.74, 6) is 0.989. The fourth-order valence-electron chi connectivity index (χ4n) is 3.42. The monoisotopic (exact) mass is 352 g/mol. The number of carbonyl (C=O) groups excluding carboxylic acids is 1. The Morgan fingerprint density at radius 3 is 2.84 bits per heavy atom. The number of benzene rings is 2. The van der Waals surface area contributed by atoms with Crippen molar-refractivity contribution in [3.05, 3.63) is 59.1 Å². The highest BCUT2D eigenvalue weighted by molar-refractivity contribution is 7.18. The number of hydrogen-bond donors (Lipinski definition) is 0. The van der Waals surface area contributed by atoms with Gasteiger partial charge < -0.3 is 9.64 Å². The third-order valence-electron chi connectivity index (χ3n) is 4.71. The molecule has 1 aliphatic heterocycles. The van der Waals surface area contributed by atoms with Gasteiger partial charge in [0.05, 0.1) is 27.9 Å². The summed E-state index contributed by atoms with van der Waals surface area (Å²) in [4.78, 5) is 19.7. The van der Waals surface area contributed by atoms with Gasteiger partial charge in [0.1, 0.15) is 5.75 Å². The van der Waals surface area contributed by atoms with Crippen molar-refractivity contribution < 1.29 is 9.53 Å². The molecule has 25 heavy (non-hydrogen) atoms. The van der Waals surface area contributed by atoms with Crippen LogP contribution in [0.3, 0.4) is 0 Å². The molecule has 128 valence electrons. The number of methoxy groups -OCH3 is 1. The van der Waals surface area contributed by atoms with Gasteiger partial charge in [-0.05, 0) is 37.1 Å². The number of carbonyl (C=O) groups is 1. The standard InChI is InChI=1S/C20H20N2O2S/c1-24-17-10-4-2-8-15(17)20(23)22-12-6-7-14(13-22)19-21-16-9-3-5-11-18(16)25-19/h2-5,8-11,14H,6-7,12-13H2,1H3/t14-/m0/s1. The van der Waals surface area contributed by atoms with Gasteiger partial charge in [-0.2, -0.15) is 0 Å². The number of thiazole rings is 1. The second-order valence-electron chi connectivity index (χ2n) is 6.31. The van der Waals surface area contributed by atoms with Gasteiger partial charge in [0.25, 0.3) is 5.91 Å². The maximum absolute atomic E-state index is 13.0. The zero-order valence-electron chi connectivity index (χ0n) is 14.1. The highest BCUT2D eigenvalue weighted by atomic mass is 32.1. The third-order valence-corrected chi connectivity index (χ3v) is 5.90. The summed E-state index contributed by atoms with van der Waals surface area (Å²) in [5, 5.41) is 1.14. The number of nitrogens with zero attached hydrogens (tertiary/aromatic N) is 2. The highest BCUT2D eigenvalue weighted by Crippen LogP contribution is 2.33. The average molecular weight is 352 g/mol. The molecular weight excluding hydrogens is 332 g/mol. The summed E-state index contributed by atoms with van der Waals surface area (Å²) < 4.78 is 6.56. The third kappa shape index (κ3) is 3.12. The molecule has 0 unspecified atom stereocenters. The van der Waals surface area contributed by atoms with E-state index in [1.807, 2.05) is 41.3 Å². The van der Waals surface area contributed by atoms with Crippen LogP contribution in [0.5, 0.6) is 5.75 Å².